The molecule has 0 N–H and O–H groups in total. The highest BCUT2D eigenvalue weighted by atomic mass is 16.5. The molecule has 10 aromatic rings. The van der Waals surface area contributed by atoms with Crippen molar-refractivity contribution in [2.75, 3.05) is 21.4 Å². The smallest absolute Gasteiger partial charge is 0.137 e. The number of benzene rings is 8. The van der Waals surface area contributed by atoms with Crippen molar-refractivity contribution in [3.8, 4) is 28.4 Å². The second-order valence-corrected chi connectivity index (χ2v) is 21.4. The molecule has 0 aliphatic carbocycles. The second-order valence-electron chi connectivity index (χ2n) is 21.4. The molecule has 3 aliphatic heterocycles. The van der Waals surface area contributed by atoms with Crippen LogP contribution in [0.1, 0.15) is 76.3 Å². The van der Waals surface area contributed by atoms with Crippen molar-refractivity contribution >= 4 is 61.6 Å². The normalized spacial score (nSPS) is 15.2. The van der Waals surface area contributed by atoms with E-state index in [1.165, 1.54) is 72.8 Å². The van der Waals surface area contributed by atoms with E-state index in [2.05, 4.69) is 256 Å². The molecule has 13 rings (SSSR count). The van der Waals surface area contributed by atoms with Crippen LogP contribution in [0.2, 0.25) is 0 Å². The molecule has 0 radical (unpaired) electrons. The summed E-state index contributed by atoms with van der Waals surface area (Å²) in [4.78, 5) is 12.4. The minimum absolute atomic E-state index is 0.0325. The van der Waals surface area contributed by atoms with Crippen LogP contribution in [0.15, 0.2) is 194 Å². The first kappa shape index (κ1) is 42.0. The molecular formula is C64H55N5O. The van der Waals surface area contributed by atoms with Crippen molar-refractivity contribution in [2.24, 2.45) is 0 Å². The van der Waals surface area contributed by atoms with E-state index < -0.39 is 0 Å². The zero-order valence-electron chi connectivity index (χ0n) is 40.8. The fraction of sp³-hybridized carbons (Fsp3) is 0.172. The lowest BCUT2D eigenvalue weighted by atomic mass is 9.66. The predicted molar refractivity (Wildman–Crippen MR) is 290 cm³/mol. The van der Waals surface area contributed by atoms with Gasteiger partial charge in [-0.25, -0.2) is 4.98 Å². The summed E-state index contributed by atoms with van der Waals surface area (Å²) < 4.78 is 9.17. The number of hydrogen-bond acceptors (Lipinski definition) is 5. The highest BCUT2D eigenvalue weighted by Crippen LogP contribution is 2.61. The third-order valence-electron chi connectivity index (χ3n) is 15.4. The maximum absolute atomic E-state index is 6.88. The van der Waals surface area contributed by atoms with Crippen LogP contribution in [0.25, 0.3) is 38.8 Å². The van der Waals surface area contributed by atoms with Crippen molar-refractivity contribution in [1.29, 1.82) is 0 Å². The van der Waals surface area contributed by atoms with Gasteiger partial charge in [-0.3, -0.25) is 4.57 Å². The Morgan fingerprint density at radius 3 is 1.76 bits per heavy atom. The summed E-state index contributed by atoms with van der Waals surface area (Å²) in [7, 11) is 0. The van der Waals surface area contributed by atoms with Crippen LogP contribution < -0.4 is 19.4 Å². The highest BCUT2D eigenvalue weighted by molar-refractivity contribution is 6.11. The lowest BCUT2D eigenvalue weighted by Crippen LogP contribution is -2.38. The number of hydrogen-bond donors (Lipinski definition) is 0. The van der Waals surface area contributed by atoms with Gasteiger partial charge in [-0.05, 0) is 129 Å². The van der Waals surface area contributed by atoms with E-state index in [0.717, 1.165) is 45.1 Å². The van der Waals surface area contributed by atoms with Crippen molar-refractivity contribution in [2.45, 2.75) is 64.7 Å². The Balaban J connectivity index is 0.882. The zero-order valence-corrected chi connectivity index (χ0v) is 40.8. The van der Waals surface area contributed by atoms with Crippen LogP contribution in [0.4, 0.5) is 39.8 Å². The molecule has 5 heterocycles. The van der Waals surface area contributed by atoms with Gasteiger partial charge in [-0.2, -0.15) is 0 Å². The number of nitrogens with zero attached hydrogens (tertiary/aromatic N) is 5. The van der Waals surface area contributed by atoms with E-state index in [0.29, 0.717) is 6.67 Å². The summed E-state index contributed by atoms with van der Waals surface area (Å²) in [5, 5.41) is 2.32. The van der Waals surface area contributed by atoms with E-state index in [9.17, 15) is 0 Å². The van der Waals surface area contributed by atoms with Gasteiger partial charge in [0, 0.05) is 51.3 Å². The Bertz CT molecular complexity index is 3660. The van der Waals surface area contributed by atoms with Gasteiger partial charge in [-0.15, -0.1) is 0 Å². The number of fused-ring (bicyclic) bond motifs is 8. The molecule has 70 heavy (non-hydrogen) atoms. The fourth-order valence-electron chi connectivity index (χ4n) is 11.7. The van der Waals surface area contributed by atoms with Crippen LogP contribution >= 0.6 is 0 Å². The summed E-state index contributed by atoms with van der Waals surface area (Å²) in [5.41, 5.74) is 19.1. The van der Waals surface area contributed by atoms with Gasteiger partial charge >= 0.3 is 0 Å². The predicted octanol–water partition coefficient (Wildman–Crippen LogP) is 16.9. The molecule has 6 heteroatoms. The highest BCUT2D eigenvalue weighted by Gasteiger charge is 2.46. The van der Waals surface area contributed by atoms with Crippen LogP contribution in [0.5, 0.6) is 11.5 Å². The van der Waals surface area contributed by atoms with Gasteiger partial charge in [0.25, 0.3) is 0 Å². The first-order valence-electron chi connectivity index (χ1n) is 24.6. The quantitative estimate of drug-likeness (QED) is 0.166. The van der Waals surface area contributed by atoms with E-state index in [4.69, 9.17) is 9.72 Å². The number of para-hydroxylation sites is 4. The maximum atomic E-state index is 6.88. The topological polar surface area (TPSA) is 36.8 Å². The maximum Gasteiger partial charge on any atom is 0.137 e. The summed E-state index contributed by atoms with van der Waals surface area (Å²) >= 11 is 0. The molecule has 0 unspecified atom stereocenters. The Hall–Kier alpha value is -8.09. The molecule has 0 saturated carbocycles. The van der Waals surface area contributed by atoms with E-state index >= 15 is 0 Å². The summed E-state index contributed by atoms with van der Waals surface area (Å²) in [6.07, 6.45) is 1.94. The van der Waals surface area contributed by atoms with Crippen LogP contribution in [-0.2, 0) is 16.2 Å². The van der Waals surface area contributed by atoms with E-state index in [-0.39, 0.29) is 16.2 Å². The van der Waals surface area contributed by atoms with Crippen molar-refractivity contribution in [3.05, 3.63) is 222 Å². The summed E-state index contributed by atoms with van der Waals surface area (Å²) in [6, 6.07) is 68.4. The van der Waals surface area contributed by atoms with Gasteiger partial charge in [0.2, 0.25) is 0 Å². The van der Waals surface area contributed by atoms with Crippen molar-refractivity contribution in [3.63, 3.8) is 0 Å². The van der Waals surface area contributed by atoms with Crippen LogP contribution in [0, 0.1) is 0 Å². The lowest BCUT2D eigenvalue weighted by molar-refractivity contribution is 0.483. The third-order valence-corrected chi connectivity index (χ3v) is 15.4. The first-order valence-corrected chi connectivity index (χ1v) is 24.6. The Labute approximate surface area is 410 Å². The largest absolute Gasteiger partial charge is 0.457 e. The second kappa shape index (κ2) is 15.2. The molecule has 2 aromatic heterocycles. The molecule has 0 spiro atoms. The average Bonchev–Trinajstić information content (AvgIpc) is 3.92. The molecular weight excluding hydrogens is 855 g/mol. The van der Waals surface area contributed by atoms with Crippen molar-refractivity contribution in [1.82, 2.24) is 9.55 Å². The van der Waals surface area contributed by atoms with Gasteiger partial charge in [0.05, 0.1) is 39.5 Å². The fourth-order valence-corrected chi connectivity index (χ4v) is 11.7. The molecule has 3 aliphatic rings. The zero-order chi connectivity index (χ0) is 47.7. The molecule has 6 nitrogen and oxygen atoms in total. The van der Waals surface area contributed by atoms with Gasteiger partial charge < -0.3 is 19.4 Å². The van der Waals surface area contributed by atoms with Gasteiger partial charge in [-0.1, -0.05) is 139 Å². The molecule has 8 aromatic carbocycles. The summed E-state index contributed by atoms with van der Waals surface area (Å²) in [6.45, 7) is 17.0. The number of anilines is 7. The molecule has 0 amide bonds. The van der Waals surface area contributed by atoms with Crippen molar-refractivity contribution < 1.29 is 4.74 Å². The molecule has 342 valence electrons. The number of rotatable bonds is 6. The number of pyridine rings is 1. The SMILES string of the molecule is CC(C)(C)c1ccnc(-n2c3ccc(-c4ccccc4)cc3c3ccc(Oc4cccc(N5CN(c6cc7c8c(c6)C(C)(C)c6ccccc6N8c6ccccc6C7(C)C)c6ccccc65)c4)cc32)c1. The number of aromatic nitrogens is 2. The lowest BCUT2D eigenvalue weighted by Gasteiger charge is -2.50. The Kier molecular flexibility index (Phi) is 9.13. The van der Waals surface area contributed by atoms with Crippen LogP contribution in [-0.4, -0.2) is 16.2 Å². The first-order chi connectivity index (χ1) is 33.8. The number of ether oxygens (including phenoxy) is 1. The molecule has 0 atom stereocenters. The summed E-state index contributed by atoms with van der Waals surface area (Å²) in [5.74, 6) is 2.42. The van der Waals surface area contributed by atoms with Gasteiger partial charge in [0.1, 0.15) is 24.0 Å². The van der Waals surface area contributed by atoms with E-state index in [1.54, 1.807) is 0 Å². The molecule has 0 saturated heterocycles. The molecule has 0 bridgehead atoms. The minimum Gasteiger partial charge on any atom is -0.457 e. The minimum atomic E-state index is -0.227. The van der Waals surface area contributed by atoms with Crippen LogP contribution in [0.3, 0.4) is 0 Å². The van der Waals surface area contributed by atoms with Gasteiger partial charge in [0.15, 0.2) is 0 Å². The standard InChI is InChI=1S/C64H55N5O/c1-62(2,3)43-32-33-65-60(35-43)68-54-31-28-42(41-18-9-8-10-19-41)34-49(54)48-30-29-47(39-59(48)68)70-46-21-17-20-44(36-46)66-40-67(58-27-16-15-26-57(58)66)45-37-52-61-53(38-45)64(6,7)51-23-12-14-25-56(51)69(61)55-24-13-11-22-50(55)63(52,4)5/h8-39H,40H2,1-7H3. The third kappa shape index (κ3) is 6.35. The Morgan fingerprint density at radius 2 is 1.09 bits per heavy atom. The monoisotopic (exact) mass is 909 g/mol. The van der Waals surface area contributed by atoms with E-state index in [1.807, 2.05) is 6.20 Å². The average molecular weight is 910 g/mol. The molecule has 0 fully saturated rings. The Morgan fingerprint density at radius 1 is 0.471 bits per heavy atom.